The highest BCUT2D eigenvalue weighted by molar-refractivity contribution is 5.69. The maximum absolute atomic E-state index is 2.52. The number of hydrogen-bond acceptors (Lipinski definition) is 0. The second kappa shape index (κ2) is 5.98. The van der Waals surface area contributed by atoms with Crippen LogP contribution in [0.5, 0.6) is 0 Å². The normalized spacial score (nSPS) is 19.9. The molecule has 0 radical (unpaired) electrons. The molecule has 0 spiro atoms. The molecule has 2 aromatic rings. The van der Waals surface area contributed by atoms with Gasteiger partial charge >= 0.3 is 0 Å². The van der Waals surface area contributed by atoms with Crippen LogP contribution in [-0.2, 0) is 12.8 Å². The number of benzene rings is 2. The van der Waals surface area contributed by atoms with Gasteiger partial charge in [-0.25, -0.2) is 0 Å². The minimum Gasteiger partial charge on any atom is -0.0649 e. The van der Waals surface area contributed by atoms with Crippen LogP contribution in [0.2, 0.25) is 0 Å². The van der Waals surface area contributed by atoms with E-state index in [1.165, 1.54) is 65.5 Å². The third-order valence-corrected chi connectivity index (χ3v) is 6.91. The van der Waals surface area contributed by atoms with Gasteiger partial charge in [0.05, 0.1) is 0 Å². The molecule has 132 valence electrons. The topological polar surface area (TPSA) is 0 Å². The van der Waals surface area contributed by atoms with Crippen LogP contribution in [0.4, 0.5) is 0 Å². The zero-order chi connectivity index (χ0) is 17.8. The zero-order valence-electron chi connectivity index (χ0n) is 16.3. The molecular formula is C26H28. The fourth-order valence-electron chi connectivity index (χ4n) is 5.24. The molecule has 26 heavy (non-hydrogen) atoms. The Morgan fingerprint density at radius 3 is 2.50 bits per heavy atom. The molecule has 0 aliphatic heterocycles. The lowest BCUT2D eigenvalue weighted by atomic mass is 9.89. The highest BCUT2D eigenvalue weighted by Gasteiger charge is 2.28. The maximum atomic E-state index is 2.52. The summed E-state index contributed by atoms with van der Waals surface area (Å²) in [5.41, 5.74) is 15.3. The summed E-state index contributed by atoms with van der Waals surface area (Å²) in [7, 11) is 0. The molecule has 3 aliphatic rings. The highest BCUT2D eigenvalue weighted by atomic mass is 14.3. The second-order valence-corrected chi connectivity index (χ2v) is 8.69. The summed E-state index contributed by atoms with van der Waals surface area (Å²) in [4.78, 5) is 0. The Kier molecular flexibility index (Phi) is 3.71. The quantitative estimate of drug-likeness (QED) is 0.573. The van der Waals surface area contributed by atoms with Gasteiger partial charge < -0.3 is 0 Å². The molecule has 0 heteroatoms. The van der Waals surface area contributed by atoms with Crippen molar-refractivity contribution in [1.82, 2.24) is 0 Å². The first-order chi connectivity index (χ1) is 12.6. The number of fused-ring (bicyclic) bond motifs is 2. The summed E-state index contributed by atoms with van der Waals surface area (Å²) in [6.07, 6.45) is 12.5. The molecule has 0 aromatic heterocycles. The van der Waals surface area contributed by atoms with Crippen molar-refractivity contribution in [2.45, 2.75) is 65.2 Å². The first-order valence-electron chi connectivity index (χ1n) is 10.2. The van der Waals surface area contributed by atoms with Crippen molar-refractivity contribution in [1.29, 1.82) is 0 Å². The van der Waals surface area contributed by atoms with Crippen LogP contribution in [-0.4, -0.2) is 0 Å². The molecule has 0 heterocycles. The Morgan fingerprint density at radius 1 is 0.808 bits per heavy atom. The van der Waals surface area contributed by atoms with E-state index in [1.807, 2.05) is 0 Å². The summed E-state index contributed by atoms with van der Waals surface area (Å²) in [6.45, 7) is 6.74. The zero-order valence-corrected chi connectivity index (χ0v) is 16.3. The monoisotopic (exact) mass is 340 g/mol. The Balaban J connectivity index is 1.34. The molecular weight excluding hydrogens is 312 g/mol. The van der Waals surface area contributed by atoms with Crippen molar-refractivity contribution >= 4 is 12.2 Å². The molecule has 0 nitrogen and oxygen atoms in total. The number of rotatable bonds is 3. The van der Waals surface area contributed by atoms with Crippen LogP contribution < -0.4 is 0 Å². The minimum atomic E-state index is 0.695. The first kappa shape index (κ1) is 16.1. The van der Waals surface area contributed by atoms with Gasteiger partial charge in [0, 0.05) is 5.92 Å². The average Bonchev–Trinajstić information content (AvgIpc) is 3.07. The summed E-state index contributed by atoms with van der Waals surface area (Å²) in [5.74, 6) is 0.695. The fraction of sp³-hybridized carbons (Fsp3) is 0.385. The number of allylic oxidation sites excluding steroid dienone is 2. The van der Waals surface area contributed by atoms with Crippen LogP contribution >= 0.6 is 0 Å². The van der Waals surface area contributed by atoms with Gasteiger partial charge in [-0.2, -0.15) is 0 Å². The first-order valence-corrected chi connectivity index (χ1v) is 10.2. The van der Waals surface area contributed by atoms with Gasteiger partial charge in [0.15, 0.2) is 0 Å². The third kappa shape index (κ3) is 2.58. The lowest BCUT2D eigenvalue weighted by molar-refractivity contribution is 0.653. The largest absolute Gasteiger partial charge is 0.0649 e. The van der Waals surface area contributed by atoms with E-state index in [-0.39, 0.29) is 0 Å². The van der Waals surface area contributed by atoms with E-state index in [0.29, 0.717) is 5.92 Å². The van der Waals surface area contributed by atoms with E-state index in [1.54, 1.807) is 22.3 Å². The standard InChI is InChI=1S/C26H28/c1-16-9-22-12-19(13-23(22)10-17(16)2)7-8-21-14-24-11-18(3)20-5-4-6-25(21)26(24)15-20/h9-12,14-15,25H,4-8,13H2,1-3H3. The van der Waals surface area contributed by atoms with Gasteiger partial charge in [0.25, 0.3) is 0 Å². The van der Waals surface area contributed by atoms with Gasteiger partial charge in [-0.05, 0) is 104 Å². The third-order valence-electron chi connectivity index (χ3n) is 6.91. The molecule has 5 rings (SSSR count). The molecule has 0 fully saturated rings. The Labute approximate surface area is 157 Å². The molecule has 0 N–H and O–H groups in total. The van der Waals surface area contributed by atoms with Crippen molar-refractivity contribution < 1.29 is 0 Å². The molecule has 2 bridgehead atoms. The van der Waals surface area contributed by atoms with Gasteiger partial charge in [0.1, 0.15) is 0 Å². The molecule has 2 aromatic carbocycles. The summed E-state index contributed by atoms with van der Waals surface area (Å²) in [5, 5.41) is 0. The molecule has 0 saturated carbocycles. The Morgan fingerprint density at radius 2 is 1.62 bits per heavy atom. The van der Waals surface area contributed by atoms with E-state index in [2.05, 4.69) is 57.2 Å². The lowest BCUT2D eigenvalue weighted by Gasteiger charge is -2.15. The van der Waals surface area contributed by atoms with Gasteiger partial charge in [-0.15, -0.1) is 0 Å². The highest BCUT2D eigenvalue weighted by Crippen LogP contribution is 2.45. The molecule has 3 aliphatic carbocycles. The maximum Gasteiger partial charge on any atom is 0.00577 e. The number of aryl methyl sites for hydroxylation is 4. The Bertz CT molecular complexity index is 968. The molecule has 0 amide bonds. The van der Waals surface area contributed by atoms with Crippen molar-refractivity contribution in [3.63, 3.8) is 0 Å². The smallest absolute Gasteiger partial charge is 0.00577 e. The van der Waals surface area contributed by atoms with Crippen molar-refractivity contribution in [3.05, 3.63) is 79.9 Å². The Hall–Kier alpha value is -2.08. The second-order valence-electron chi connectivity index (χ2n) is 8.69. The lowest BCUT2D eigenvalue weighted by Crippen LogP contribution is -1.99. The van der Waals surface area contributed by atoms with Gasteiger partial charge in [0.2, 0.25) is 0 Å². The molecule has 0 saturated heterocycles. The van der Waals surface area contributed by atoms with Crippen molar-refractivity contribution in [2.75, 3.05) is 0 Å². The van der Waals surface area contributed by atoms with E-state index in [0.717, 1.165) is 6.42 Å². The van der Waals surface area contributed by atoms with Crippen molar-refractivity contribution in [2.24, 2.45) is 0 Å². The fourth-order valence-corrected chi connectivity index (χ4v) is 5.24. The SMILES string of the molecule is Cc1cc2c(cc1C)CC(CCC1=Cc3cc(C)c4cc3C1CCC4)=C2. The van der Waals surface area contributed by atoms with E-state index >= 15 is 0 Å². The average molecular weight is 341 g/mol. The molecule has 1 atom stereocenters. The van der Waals surface area contributed by atoms with Gasteiger partial charge in [-0.1, -0.05) is 47.6 Å². The van der Waals surface area contributed by atoms with Crippen LogP contribution in [0.1, 0.15) is 76.1 Å². The number of hydrogen-bond donors (Lipinski definition) is 0. The molecule has 1 unspecified atom stereocenters. The van der Waals surface area contributed by atoms with Gasteiger partial charge in [-0.3, -0.25) is 0 Å². The predicted octanol–water partition coefficient (Wildman–Crippen LogP) is 6.85. The predicted molar refractivity (Wildman–Crippen MR) is 112 cm³/mol. The van der Waals surface area contributed by atoms with Crippen LogP contribution in [0, 0.1) is 20.8 Å². The van der Waals surface area contributed by atoms with E-state index in [9.17, 15) is 0 Å². The van der Waals surface area contributed by atoms with Crippen LogP contribution in [0.15, 0.2) is 35.4 Å². The summed E-state index contributed by atoms with van der Waals surface area (Å²) in [6, 6.07) is 9.72. The van der Waals surface area contributed by atoms with E-state index in [4.69, 9.17) is 0 Å². The van der Waals surface area contributed by atoms with Crippen molar-refractivity contribution in [3.8, 4) is 0 Å². The minimum absolute atomic E-state index is 0.695. The van der Waals surface area contributed by atoms with Crippen LogP contribution in [0.25, 0.3) is 12.2 Å². The summed E-state index contributed by atoms with van der Waals surface area (Å²) < 4.78 is 0. The van der Waals surface area contributed by atoms with Crippen LogP contribution in [0.3, 0.4) is 0 Å². The van der Waals surface area contributed by atoms with E-state index < -0.39 is 0 Å². The summed E-state index contributed by atoms with van der Waals surface area (Å²) >= 11 is 0.